The fourth-order valence-corrected chi connectivity index (χ4v) is 5.21. The fourth-order valence-electron chi connectivity index (χ4n) is 5.21. The fraction of sp³-hybridized carbons (Fsp3) is 0.636. The zero-order chi connectivity index (χ0) is 34.8. The molecule has 1 aliphatic heterocycles. The number of hydrogen-bond donors (Lipinski definition) is 0. The maximum Gasteiger partial charge on any atom is 0.329 e. The van der Waals surface area contributed by atoms with E-state index in [0.29, 0.717) is 0 Å². The Morgan fingerprint density at radius 2 is 0.711 bits per heavy atom. The molecule has 0 aromatic heterocycles. The van der Waals surface area contributed by atoms with Crippen molar-refractivity contribution in [3.8, 4) is 37.0 Å². The summed E-state index contributed by atoms with van der Waals surface area (Å²) in [6.45, 7) is 9.92. The predicted molar refractivity (Wildman–Crippen MR) is 164 cm³/mol. The summed E-state index contributed by atoms with van der Waals surface area (Å²) in [5.41, 5.74) is 0. The summed E-state index contributed by atoms with van der Waals surface area (Å²) >= 11 is 0. The van der Waals surface area contributed by atoms with E-state index in [2.05, 4.69) is 17.8 Å². The Hall–Kier alpha value is -4.50. The van der Waals surface area contributed by atoms with E-state index in [9.17, 15) is 28.8 Å². The van der Waals surface area contributed by atoms with Crippen molar-refractivity contribution in [2.45, 2.75) is 97.2 Å². The highest BCUT2D eigenvalue weighted by molar-refractivity contribution is 5.94. The second-order valence-corrected chi connectivity index (χ2v) is 11.9. The van der Waals surface area contributed by atoms with Crippen LogP contribution < -0.4 is 0 Å². The Labute approximate surface area is 266 Å². The lowest BCUT2D eigenvalue weighted by Crippen LogP contribution is -2.56. The monoisotopic (exact) mass is 627 g/mol. The second kappa shape index (κ2) is 17.1. The topological polar surface area (TPSA) is 140 Å². The third-order valence-corrected chi connectivity index (χ3v) is 7.42. The van der Waals surface area contributed by atoms with Crippen LogP contribution in [0.3, 0.4) is 0 Å². The van der Waals surface area contributed by atoms with Crippen LogP contribution in [0.15, 0.2) is 0 Å². The van der Waals surface area contributed by atoms with Crippen LogP contribution in [-0.2, 0) is 43.0 Å². The molecule has 12 nitrogen and oxygen atoms in total. The zero-order valence-corrected chi connectivity index (χ0v) is 27.6. The third kappa shape index (κ3) is 9.49. The summed E-state index contributed by atoms with van der Waals surface area (Å²) in [7, 11) is 3.95. The summed E-state index contributed by atoms with van der Waals surface area (Å²) in [6, 6.07) is -3.72. The van der Waals surface area contributed by atoms with E-state index in [0.717, 1.165) is 14.7 Å². The maximum absolute atomic E-state index is 13.6. The number of cyclic esters (lactones) is 3. The van der Waals surface area contributed by atoms with Gasteiger partial charge < -0.3 is 28.9 Å². The number of terminal acetylenes is 3. The van der Waals surface area contributed by atoms with E-state index >= 15 is 0 Å². The van der Waals surface area contributed by atoms with E-state index in [1.807, 2.05) is 0 Å². The van der Waals surface area contributed by atoms with Crippen LogP contribution in [0.1, 0.15) is 60.8 Å². The van der Waals surface area contributed by atoms with Gasteiger partial charge in [0.25, 0.3) is 17.7 Å². The molecular weight excluding hydrogens is 582 g/mol. The minimum Gasteiger partial charge on any atom is -0.450 e. The molecule has 45 heavy (non-hydrogen) atoms. The van der Waals surface area contributed by atoms with E-state index < -0.39 is 89.8 Å². The van der Waals surface area contributed by atoms with Gasteiger partial charge in [-0.2, -0.15) is 0 Å². The average molecular weight is 628 g/mol. The van der Waals surface area contributed by atoms with E-state index in [-0.39, 0.29) is 19.3 Å². The zero-order valence-electron chi connectivity index (χ0n) is 27.6. The molecule has 0 N–H and O–H groups in total. The molecule has 0 saturated carbocycles. The van der Waals surface area contributed by atoms with Crippen molar-refractivity contribution in [1.29, 1.82) is 0 Å². The number of likely N-dealkylation sites (N-methyl/N-ethyl adjacent to an activating group) is 3. The van der Waals surface area contributed by atoms with E-state index in [4.69, 9.17) is 33.5 Å². The van der Waals surface area contributed by atoms with Crippen molar-refractivity contribution in [3.05, 3.63) is 0 Å². The van der Waals surface area contributed by atoms with Crippen LogP contribution in [0.4, 0.5) is 0 Å². The van der Waals surface area contributed by atoms with Crippen molar-refractivity contribution in [2.24, 2.45) is 17.8 Å². The molecule has 0 spiro atoms. The normalized spacial score (nSPS) is 26.5. The van der Waals surface area contributed by atoms with Crippen LogP contribution in [0, 0.1) is 54.8 Å². The Morgan fingerprint density at radius 1 is 0.511 bits per heavy atom. The maximum atomic E-state index is 13.6. The predicted octanol–water partition coefficient (Wildman–Crippen LogP) is 1.25. The molecule has 1 rings (SSSR count). The van der Waals surface area contributed by atoms with Gasteiger partial charge in [0.1, 0.15) is 18.1 Å². The first-order valence-corrected chi connectivity index (χ1v) is 14.7. The Morgan fingerprint density at radius 3 is 0.867 bits per heavy atom. The number of rotatable bonds is 6. The number of esters is 3. The van der Waals surface area contributed by atoms with Gasteiger partial charge in [0.05, 0.1) is 19.3 Å². The molecule has 6 atom stereocenters. The van der Waals surface area contributed by atoms with Crippen LogP contribution >= 0.6 is 0 Å². The standard InChI is InChI=1S/C33H45N3O9/c1-13-16-22-28(37)34(10)26(20(6)7)32(41)44-24(18-15-3)30(39)36(12)27(21(8)9)33(42)45-23(17-14-2)29(38)35(11)25(19(4)5)31(40)43-22/h1-3,19-27H,16-18H2,4-12H3/t22-,23-,24-,25+,26+,27+/m1/s1. The molecule has 0 unspecified atom stereocenters. The lowest BCUT2D eigenvalue weighted by Gasteiger charge is -2.36. The Kier molecular flexibility index (Phi) is 14.6. The molecule has 12 heteroatoms. The molecule has 0 bridgehead atoms. The van der Waals surface area contributed by atoms with Gasteiger partial charge in [-0.25, -0.2) is 14.4 Å². The first-order valence-electron chi connectivity index (χ1n) is 14.7. The highest BCUT2D eigenvalue weighted by Crippen LogP contribution is 2.22. The smallest absolute Gasteiger partial charge is 0.329 e. The van der Waals surface area contributed by atoms with Crippen LogP contribution in [-0.4, -0.2) is 108 Å². The molecule has 0 aromatic carbocycles. The number of carbonyl (C=O) groups excluding carboxylic acids is 6. The third-order valence-electron chi connectivity index (χ3n) is 7.42. The number of ether oxygens (including phenoxy) is 3. The van der Waals surface area contributed by atoms with Gasteiger partial charge in [-0.15, -0.1) is 37.0 Å². The molecule has 1 aliphatic rings. The van der Waals surface area contributed by atoms with Crippen LogP contribution in [0.5, 0.6) is 0 Å². The molecule has 0 radical (unpaired) electrons. The van der Waals surface area contributed by atoms with Gasteiger partial charge in [0, 0.05) is 21.1 Å². The Balaban J connectivity index is 3.90. The minimum absolute atomic E-state index is 0.339. The summed E-state index contributed by atoms with van der Waals surface area (Å²) in [5, 5.41) is 0. The molecule has 1 heterocycles. The SMILES string of the molecule is C#CC[C@H]1OC(=O)[C@H](C(C)C)N(C)C(=O)[C@@H](CC#C)OC(=O)[C@H](C(C)C)N(C)C(=O)[C@@H](CC#C)OC(=O)[C@H](C(C)C)N(C)C1=O. The average Bonchev–Trinajstić information content (AvgIpc) is 2.94. The lowest BCUT2D eigenvalue weighted by atomic mass is 10.00. The largest absolute Gasteiger partial charge is 0.450 e. The van der Waals surface area contributed by atoms with Gasteiger partial charge in [-0.05, 0) is 17.8 Å². The van der Waals surface area contributed by atoms with Crippen LogP contribution in [0.25, 0.3) is 0 Å². The summed E-state index contributed by atoms with van der Waals surface area (Å²) in [5.74, 6) is 0.0657. The molecule has 0 aliphatic carbocycles. The van der Waals surface area contributed by atoms with Crippen LogP contribution in [0.2, 0.25) is 0 Å². The van der Waals surface area contributed by atoms with Crippen molar-refractivity contribution in [3.63, 3.8) is 0 Å². The number of carbonyl (C=O) groups is 6. The van der Waals surface area contributed by atoms with Crippen molar-refractivity contribution in [1.82, 2.24) is 14.7 Å². The van der Waals surface area contributed by atoms with Gasteiger partial charge in [0.15, 0.2) is 18.3 Å². The summed E-state index contributed by atoms with van der Waals surface area (Å²) in [6.07, 6.45) is 10.9. The molecular formula is C33H45N3O9. The molecule has 246 valence electrons. The molecule has 1 fully saturated rings. The molecule has 0 aromatic rings. The lowest BCUT2D eigenvalue weighted by molar-refractivity contribution is -0.178. The number of hydrogen-bond acceptors (Lipinski definition) is 9. The van der Waals surface area contributed by atoms with Crippen molar-refractivity contribution < 1.29 is 43.0 Å². The quantitative estimate of drug-likeness (QED) is 0.242. The summed E-state index contributed by atoms with van der Waals surface area (Å²) in [4.78, 5) is 84.7. The highest BCUT2D eigenvalue weighted by atomic mass is 16.6. The number of amides is 3. The first-order chi connectivity index (χ1) is 21.0. The minimum atomic E-state index is -1.52. The second-order valence-electron chi connectivity index (χ2n) is 11.9. The summed E-state index contributed by atoms with van der Waals surface area (Å²) < 4.78 is 16.7. The molecule has 3 amide bonds. The van der Waals surface area contributed by atoms with Crippen molar-refractivity contribution >= 4 is 35.6 Å². The number of nitrogens with zero attached hydrogens (tertiary/aromatic N) is 3. The Bertz CT molecular complexity index is 1100. The van der Waals surface area contributed by atoms with Gasteiger partial charge in [-0.3, -0.25) is 14.4 Å². The van der Waals surface area contributed by atoms with E-state index in [1.54, 1.807) is 41.5 Å². The highest BCUT2D eigenvalue weighted by Gasteiger charge is 2.43. The first kappa shape index (κ1) is 38.5. The van der Waals surface area contributed by atoms with Gasteiger partial charge in [-0.1, -0.05) is 41.5 Å². The van der Waals surface area contributed by atoms with Crippen molar-refractivity contribution in [2.75, 3.05) is 21.1 Å². The van der Waals surface area contributed by atoms with Gasteiger partial charge in [0.2, 0.25) is 0 Å². The van der Waals surface area contributed by atoms with Gasteiger partial charge >= 0.3 is 17.9 Å². The van der Waals surface area contributed by atoms with E-state index in [1.165, 1.54) is 21.1 Å². The molecule has 1 saturated heterocycles.